The van der Waals surface area contributed by atoms with Crippen LogP contribution in [0.15, 0.2) is 42.6 Å². The summed E-state index contributed by atoms with van der Waals surface area (Å²) < 4.78 is 17.6. The van der Waals surface area contributed by atoms with Crippen LogP contribution in [0.3, 0.4) is 0 Å². The summed E-state index contributed by atoms with van der Waals surface area (Å²) in [4.78, 5) is 65.3. The zero-order valence-electron chi connectivity index (χ0n) is 26.4. The van der Waals surface area contributed by atoms with Gasteiger partial charge in [0.25, 0.3) is 5.91 Å². The number of ether oxygens (including phenoxy) is 3. The van der Waals surface area contributed by atoms with Gasteiger partial charge in [-0.3, -0.25) is 29.0 Å². The van der Waals surface area contributed by atoms with Crippen LogP contribution >= 0.6 is 0 Å². The molecule has 44 heavy (non-hydrogen) atoms. The van der Waals surface area contributed by atoms with Crippen molar-refractivity contribution in [3.8, 4) is 11.3 Å². The number of aromatic nitrogens is 1. The van der Waals surface area contributed by atoms with Crippen molar-refractivity contribution in [1.29, 1.82) is 0 Å². The van der Waals surface area contributed by atoms with Gasteiger partial charge in [0.05, 0.1) is 45.3 Å². The molecule has 1 aromatic heterocycles. The molecular formula is C34H46N2O8. The Hall–Kier alpha value is -3.60. The first-order chi connectivity index (χ1) is 21.2. The summed E-state index contributed by atoms with van der Waals surface area (Å²) in [7, 11) is 0. The van der Waals surface area contributed by atoms with E-state index in [1.165, 1.54) is 0 Å². The maximum absolute atomic E-state index is 13.5. The number of rotatable bonds is 23. The minimum atomic E-state index is -1.15. The van der Waals surface area contributed by atoms with Crippen molar-refractivity contribution in [2.45, 2.75) is 78.2 Å². The molecule has 2 rings (SSSR count). The Morgan fingerprint density at radius 3 is 1.48 bits per heavy atom. The molecule has 0 radical (unpaired) electrons. The van der Waals surface area contributed by atoms with Crippen LogP contribution < -0.4 is 5.32 Å². The average molecular weight is 611 g/mol. The fourth-order valence-electron chi connectivity index (χ4n) is 4.16. The van der Waals surface area contributed by atoms with Crippen molar-refractivity contribution in [2.24, 2.45) is 0 Å². The molecule has 1 aromatic carbocycles. The zero-order chi connectivity index (χ0) is 32.4. The van der Waals surface area contributed by atoms with Crippen molar-refractivity contribution in [3.63, 3.8) is 0 Å². The van der Waals surface area contributed by atoms with E-state index in [-0.39, 0.29) is 82.0 Å². The number of benzene rings is 1. The number of pyridine rings is 1. The Labute approximate surface area is 260 Å². The first-order valence-electron chi connectivity index (χ1n) is 15.4. The smallest absolute Gasteiger partial charge is 0.251 e. The molecule has 0 saturated carbocycles. The number of carbonyl (C=O) groups excluding carboxylic acids is 5. The summed E-state index contributed by atoms with van der Waals surface area (Å²) in [6.07, 6.45) is 3.87. The van der Waals surface area contributed by atoms with Gasteiger partial charge < -0.3 is 19.5 Å². The van der Waals surface area contributed by atoms with E-state index in [1.54, 1.807) is 70.3 Å². The van der Waals surface area contributed by atoms with Crippen LogP contribution in [0.1, 0.15) is 93.4 Å². The number of amides is 1. The summed E-state index contributed by atoms with van der Waals surface area (Å²) >= 11 is 0. The summed E-state index contributed by atoms with van der Waals surface area (Å²) in [5, 5.41) is 3.02. The SMILES string of the molecule is CCC(=O)CCOCC(COCCC(=O)CC)(COCCC(=O)CC)NC(=O)c1ccc(-c2ccc(C(=O)CC)cn2)cc1. The minimum Gasteiger partial charge on any atom is -0.378 e. The molecule has 0 fully saturated rings. The van der Waals surface area contributed by atoms with Gasteiger partial charge in [-0.05, 0) is 24.3 Å². The maximum Gasteiger partial charge on any atom is 0.251 e. The average Bonchev–Trinajstić information content (AvgIpc) is 3.06. The second-order valence-corrected chi connectivity index (χ2v) is 10.6. The van der Waals surface area contributed by atoms with E-state index < -0.39 is 11.4 Å². The first kappa shape index (κ1) is 36.6. The topological polar surface area (TPSA) is 138 Å². The monoisotopic (exact) mass is 610 g/mol. The van der Waals surface area contributed by atoms with Gasteiger partial charge in [-0.25, -0.2) is 0 Å². The first-order valence-corrected chi connectivity index (χ1v) is 15.4. The molecule has 1 N–H and O–H groups in total. The number of nitrogens with one attached hydrogen (secondary N) is 1. The fraction of sp³-hybridized carbons (Fsp3) is 0.529. The summed E-state index contributed by atoms with van der Waals surface area (Å²) in [6.45, 7) is 7.62. The number of Topliss-reactive ketones (excluding diaryl/α,β-unsaturated/α-hetero) is 4. The molecule has 2 aromatic rings. The van der Waals surface area contributed by atoms with Gasteiger partial charge in [0, 0.05) is 67.8 Å². The highest BCUT2D eigenvalue weighted by Crippen LogP contribution is 2.19. The molecule has 0 unspecified atom stereocenters. The Kier molecular flexibility index (Phi) is 16.3. The summed E-state index contributed by atoms with van der Waals surface area (Å²) in [5.74, 6) is -0.205. The minimum absolute atomic E-state index is 0.00991. The van der Waals surface area contributed by atoms with Gasteiger partial charge in [-0.15, -0.1) is 0 Å². The zero-order valence-corrected chi connectivity index (χ0v) is 26.4. The maximum atomic E-state index is 13.5. The van der Waals surface area contributed by atoms with E-state index in [1.807, 2.05) is 0 Å². The normalized spacial score (nSPS) is 11.3. The molecule has 0 aliphatic rings. The molecule has 0 spiro atoms. The van der Waals surface area contributed by atoms with Gasteiger partial charge >= 0.3 is 0 Å². The Morgan fingerprint density at radius 2 is 1.09 bits per heavy atom. The van der Waals surface area contributed by atoms with Gasteiger partial charge in [-0.1, -0.05) is 39.8 Å². The highest BCUT2D eigenvalue weighted by molar-refractivity contribution is 5.96. The number of hydrogen-bond donors (Lipinski definition) is 1. The number of hydrogen-bond acceptors (Lipinski definition) is 9. The number of carbonyl (C=O) groups is 5. The van der Waals surface area contributed by atoms with E-state index in [0.717, 1.165) is 5.56 Å². The van der Waals surface area contributed by atoms with E-state index in [4.69, 9.17) is 14.2 Å². The Balaban J connectivity index is 2.23. The lowest BCUT2D eigenvalue weighted by molar-refractivity contribution is -0.120. The third-order valence-corrected chi connectivity index (χ3v) is 7.12. The van der Waals surface area contributed by atoms with Gasteiger partial charge in [-0.2, -0.15) is 0 Å². The lowest BCUT2D eigenvalue weighted by atomic mass is 10.0. The van der Waals surface area contributed by atoms with Crippen LogP contribution in [-0.2, 0) is 28.6 Å². The third kappa shape index (κ3) is 12.6. The van der Waals surface area contributed by atoms with Crippen molar-refractivity contribution in [1.82, 2.24) is 10.3 Å². The molecule has 1 heterocycles. The molecule has 0 atom stereocenters. The predicted molar refractivity (Wildman–Crippen MR) is 167 cm³/mol. The number of nitrogens with zero attached hydrogens (tertiary/aromatic N) is 1. The predicted octanol–water partition coefficient (Wildman–Crippen LogP) is 4.97. The quantitative estimate of drug-likeness (QED) is 0.137. The molecule has 0 aliphatic heterocycles. The molecule has 10 heteroatoms. The van der Waals surface area contributed by atoms with E-state index in [0.29, 0.717) is 42.5 Å². The van der Waals surface area contributed by atoms with Crippen molar-refractivity contribution >= 4 is 29.0 Å². The molecule has 0 aliphatic carbocycles. The van der Waals surface area contributed by atoms with Gasteiger partial charge in [0.2, 0.25) is 0 Å². The Morgan fingerprint density at radius 1 is 0.636 bits per heavy atom. The van der Waals surface area contributed by atoms with Crippen LogP contribution in [-0.4, -0.2) is 79.2 Å². The summed E-state index contributed by atoms with van der Waals surface area (Å²) in [6, 6.07) is 10.4. The highest BCUT2D eigenvalue weighted by Gasteiger charge is 2.34. The van der Waals surface area contributed by atoms with Crippen LogP contribution in [0.5, 0.6) is 0 Å². The second kappa shape index (κ2) is 19.6. The molecule has 240 valence electrons. The Bertz CT molecular complexity index is 1170. The lowest BCUT2D eigenvalue weighted by Gasteiger charge is -2.34. The van der Waals surface area contributed by atoms with Crippen LogP contribution in [0.4, 0.5) is 0 Å². The van der Waals surface area contributed by atoms with Gasteiger partial charge in [0.1, 0.15) is 22.9 Å². The van der Waals surface area contributed by atoms with E-state index in [9.17, 15) is 24.0 Å². The van der Waals surface area contributed by atoms with Gasteiger partial charge in [0.15, 0.2) is 5.78 Å². The van der Waals surface area contributed by atoms with Crippen LogP contribution in [0, 0.1) is 0 Å². The van der Waals surface area contributed by atoms with E-state index >= 15 is 0 Å². The van der Waals surface area contributed by atoms with Crippen molar-refractivity contribution in [3.05, 3.63) is 53.7 Å². The summed E-state index contributed by atoms with van der Waals surface area (Å²) in [5.41, 5.74) is 1.21. The highest BCUT2D eigenvalue weighted by atomic mass is 16.5. The lowest BCUT2D eigenvalue weighted by Crippen LogP contribution is -2.58. The largest absolute Gasteiger partial charge is 0.378 e. The molecule has 0 saturated heterocycles. The van der Waals surface area contributed by atoms with Crippen molar-refractivity contribution in [2.75, 3.05) is 39.6 Å². The standard InChI is InChI=1S/C34H46N2O8/c1-5-28(37)15-18-42-22-34(23-43-19-16-29(38)6-2,24-44-20-17-30(39)7-3)36-33(41)26-11-9-25(10-12-26)31-14-13-27(21-35-31)32(40)8-4/h9-14,21H,5-8,15-20,22-24H2,1-4H3,(H,36,41). The molecule has 10 nitrogen and oxygen atoms in total. The second-order valence-electron chi connectivity index (χ2n) is 10.6. The molecule has 1 amide bonds. The van der Waals surface area contributed by atoms with Crippen molar-refractivity contribution < 1.29 is 38.2 Å². The third-order valence-electron chi connectivity index (χ3n) is 7.12. The molecule has 0 bridgehead atoms. The fourth-order valence-corrected chi connectivity index (χ4v) is 4.16. The number of ketones is 4. The molecular weight excluding hydrogens is 564 g/mol. The van der Waals surface area contributed by atoms with E-state index in [2.05, 4.69) is 10.3 Å². The van der Waals surface area contributed by atoms with Crippen LogP contribution in [0.25, 0.3) is 11.3 Å². The van der Waals surface area contributed by atoms with Crippen LogP contribution in [0.2, 0.25) is 0 Å².